The second-order valence-electron chi connectivity index (χ2n) is 7.36. The molecule has 0 amide bonds. The van der Waals surface area contributed by atoms with E-state index in [1.807, 2.05) is 39.0 Å². The van der Waals surface area contributed by atoms with Crippen molar-refractivity contribution in [2.24, 2.45) is 0 Å². The van der Waals surface area contributed by atoms with Gasteiger partial charge in [-0.3, -0.25) is 9.88 Å². The smallest absolute Gasteiger partial charge is 0.180 e. The van der Waals surface area contributed by atoms with Crippen molar-refractivity contribution in [3.05, 3.63) is 52.7 Å². The van der Waals surface area contributed by atoms with Crippen LogP contribution in [0.2, 0.25) is 0 Å². The van der Waals surface area contributed by atoms with Gasteiger partial charge in [-0.25, -0.2) is 9.97 Å². The van der Waals surface area contributed by atoms with Gasteiger partial charge in [0.1, 0.15) is 17.3 Å². The lowest BCUT2D eigenvalue weighted by Crippen LogP contribution is -2.46. The third kappa shape index (κ3) is 3.62. The number of hydrogen-bond donors (Lipinski definition) is 0. The first-order valence-electron chi connectivity index (χ1n) is 9.68. The molecule has 3 aromatic rings. The maximum absolute atomic E-state index is 5.30. The highest BCUT2D eigenvalue weighted by atomic mass is 16.5. The fourth-order valence-electron chi connectivity index (χ4n) is 3.60. The van der Waals surface area contributed by atoms with E-state index in [1.54, 1.807) is 6.20 Å². The molecule has 0 spiro atoms. The van der Waals surface area contributed by atoms with E-state index in [2.05, 4.69) is 31.8 Å². The number of piperazine rings is 1. The summed E-state index contributed by atoms with van der Waals surface area (Å²) in [6.45, 7) is 12.8. The van der Waals surface area contributed by atoms with Crippen LogP contribution >= 0.6 is 0 Å². The Bertz CT molecular complexity index is 941. The van der Waals surface area contributed by atoms with Crippen LogP contribution in [0.3, 0.4) is 0 Å². The summed E-state index contributed by atoms with van der Waals surface area (Å²) < 4.78 is 5.30. The lowest BCUT2D eigenvalue weighted by Gasteiger charge is -2.36. The summed E-state index contributed by atoms with van der Waals surface area (Å²) in [5.74, 6) is 2.63. The van der Waals surface area contributed by atoms with Gasteiger partial charge in [0.25, 0.3) is 0 Å². The predicted molar refractivity (Wildman–Crippen MR) is 108 cm³/mol. The largest absolute Gasteiger partial charge is 0.361 e. The average Bonchev–Trinajstić information content (AvgIpc) is 3.03. The summed E-state index contributed by atoms with van der Waals surface area (Å²) in [5.41, 5.74) is 5.15. The first-order valence-corrected chi connectivity index (χ1v) is 9.68. The van der Waals surface area contributed by atoms with E-state index in [0.717, 1.165) is 66.9 Å². The van der Waals surface area contributed by atoms with E-state index < -0.39 is 0 Å². The molecule has 1 aliphatic rings. The second-order valence-corrected chi connectivity index (χ2v) is 7.36. The highest BCUT2D eigenvalue weighted by Gasteiger charge is 2.23. The Hall–Kier alpha value is -2.80. The van der Waals surface area contributed by atoms with Crippen LogP contribution in [-0.4, -0.2) is 51.2 Å². The molecule has 1 saturated heterocycles. The van der Waals surface area contributed by atoms with E-state index in [0.29, 0.717) is 5.82 Å². The normalized spacial score (nSPS) is 15.2. The molecule has 0 bridgehead atoms. The molecule has 28 heavy (non-hydrogen) atoms. The van der Waals surface area contributed by atoms with Crippen molar-refractivity contribution in [1.82, 2.24) is 25.0 Å². The standard InChI is InChI=1S/C21H26N6O/c1-14-15(2)23-20(19-7-5-6-8-22-19)24-21(14)27-11-9-26(10-12-27)13-18-16(3)25-28-17(18)4/h5-8H,9-13H2,1-4H3. The predicted octanol–water partition coefficient (Wildman–Crippen LogP) is 3.08. The van der Waals surface area contributed by atoms with Gasteiger partial charge in [-0.2, -0.15) is 0 Å². The molecule has 0 unspecified atom stereocenters. The molecular weight excluding hydrogens is 352 g/mol. The zero-order valence-corrected chi connectivity index (χ0v) is 16.9. The van der Waals surface area contributed by atoms with Crippen molar-refractivity contribution in [1.29, 1.82) is 0 Å². The van der Waals surface area contributed by atoms with Crippen LogP contribution in [0.4, 0.5) is 5.82 Å². The zero-order chi connectivity index (χ0) is 19.7. The van der Waals surface area contributed by atoms with Gasteiger partial charge < -0.3 is 9.42 Å². The summed E-state index contributed by atoms with van der Waals surface area (Å²) in [6.07, 6.45) is 1.78. The van der Waals surface area contributed by atoms with Gasteiger partial charge in [-0.15, -0.1) is 0 Å². The molecule has 7 heteroatoms. The maximum Gasteiger partial charge on any atom is 0.180 e. The zero-order valence-electron chi connectivity index (χ0n) is 16.9. The molecule has 1 aliphatic heterocycles. The monoisotopic (exact) mass is 378 g/mol. The molecule has 4 rings (SSSR count). The van der Waals surface area contributed by atoms with E-state index in [9.17, 15) is 0 Å². The van der Waals surface area contributed by atoms with E-state index in [-0.39, 0.29) is 0 Å². The summed E-state index contributed by atoms with van der Waals surface area (Å²) in [5, 5.41) is 4.07. The van der Waals surface area contributed by atoms with E-state index in [1.165, 1.54) is 5.56 Å². The SMILES string of the molecule is Cc1nc(-c2ccccn2)nc(N2CCN(Cc3c(C)noc3C)CC2)c1C. The van der Waals surface area contributed by atoms with Gasteiger partial charge in [0.2, 0.25) is 0 Å². The van der Waals surface area contributed by atoms with E-state index >= 15 is 0 Å². The van der Waals surface area contributed by atoms with Crippen LogP contribution in [0.25, 0.3) is 11.5 Å². The van der Waals surface area contributed by atoms with Gasteiger partial charge in [-0.05, 0) is 39.8 Å². The number of rotatable bonds is 4. The number of nitrogens with zero attached hydrogens (tertiary/aromatic N) is 6. The molecule has 1 fully saturated rings. The van der Waals surface area contributed by atoms with Crippen LogP contribution in [0.1, 0.15) is 28.3 Å². The Morgan fingerprint density at radius 2 is 1.75 bits per heavy atom. The summed E-state index contributed by atoms with van der Waals surface area (Å²) in [7, 11) is 0. The van der Waals surface area contributed by atoms with Crippen LogP contribution in [0.5, 0.6) is 0 Å². The van der Waals surface area contributed by atoms with Gasteiger partial charge in [0, 0.05) is 55.7 Å². The van der Waals surface area contributed by atoms with Crippen molar-refractivity contribution >= 4 is 5.82 Å². The minimum atomic E-state index is 0.692. The number of aryl methyl sites for hydroxylation is 3. The van der Waals surface area contributed by atoms with Crippen LogP contribution in [0, 0.1) is 27.7 Å². The Kier molecular flexibility index (Phi) is 5.09. The number of anilines is 1. The van der Waals surface area contributed by atoms with Gasteiger partial charge in [0.05, 0.1) is 5.69 Å². The molecule has 0 N–H and O–H groups in total. The van der Waals surface area contributed by atoms with Gasteiger partial charge in [0.15, 0.2) is 5.82 Å². The Labute approximate surface area is 165 Å². The van der Waals surface area contributed by atoms with E-state index in [4.69, 9.17) is 9.51 Å². The molecule has 0 atom stereocenters. The van der Waals surface area contributed by atoms with Crippen molar-refractivity contribution < 1.29 is 4.52 Å². The fraction of sp³-hybridized carbons (Fsp3) is 0.429. The fourth-order valence-corrected chi connectivity index (χ4v) is 3.60. The Balaban J connectivity index is 1.51. The number of hydrogen-bond acceptors (Lipinski definition) is 7. The third-order valence-electron chi connectivity index (χ3n) is 5.49. The topological polar surface area (TPSA) is 71.2 Å². The van der Waals surface area contributed by atoms with Crippen LogP contribution < -0.4 is 4.90 Å². The molecule has 7 nitrogen and oxygen atoms in total. The highest BCUT2D eigenvalue weighted by molar-refractivity contribution is 5.57. The first-order chi connectivity index (χ1) is 13.5. The van der Waals surface area contributed by atoms with Crippen molar-refractivity contribution in [2.45, 2.75) is 34.2 Å². The summed E-state index contributed by atoms with van der Waals surface area (Å²) in [6, 6.07) is 5.83. The average molecular weight is 378 g/mol. The van der Waals surface area contributed by atoms with Crippen molar-refractivity contribution in [3.8, 4) is 11.5 Å². The Morgan fingerprint density at radius 1 is 0.964 bits per heavy atom. The molecule has 4 heterocycles. The number of aromatic nitrogens is 4. The summed E-state index contributed by atoms with van der Waals surface area (Å²) >= 11 is 0. The number of pyridine rings is 1. The molecule has 0 radical (unpaired) electrons. The lowest BCUT2D eigenvalue weighted by molar-refractivity contribution is 0.247. The quantitative estimate of drug-likeness (QED) is 0.691. The minimum Gasteiger partial charge on any atom is -0.361 e. The molecular formula is C21H26N6O. The van der Waals surface area contributed by atoms with Crippen LogP contribution in [0.15, 0.2) is 28.9 Å². The maximum atomic E-state index is 5.30. The molecule has 3 aromatic heterocycles. The van der Waals surface area contributed by atoms with Crippen molar-refractivity contribution in [2.75, 3.05) is 31.1 Å². The van der Waals surface area contributed by atoms with Crippen molar-refractivity contribution in [3.63, 3.8) is 0 Å². The molecule has 0 aromatic carbocycles. The molecule has 0 saturated carbocycles. The summed E-state index contributed by atoms with van der Waals surface area (Å²) in [4.78, 5) is 18.7. The first kappa shape index (κ1) is 18.6. The minimum absolute atomic E-state index is 0.692. The molecule has 0 aliphatic carbocycles. The highest BCUT2D eigenvalue weighted by Crippen LogP contribution is 2.25. The third-order valence-corrected chi connectivity index (χ3v) is 5.49. The Morgan fingerprint density at radius 3 is 2.39 bits per heavy atom. The van der Waals surface area contributed by atoms with Gasteiger partial charge >= 0.3 is 0 Å². The van der Waals surface area contributed by atoms with Crippen LogP contribution in [-0.2, 0) is 6.54 Å². The molecule has 146 valence electrons. The lowest BCUT2D eigenvalue weighted by atomic mass is 10.1. The second kappa shape index (κ2) is 7.67. The van der Waals surface area contributed by atoms with Gasteiger partial charge in [-0.1, -0.05) is 11.2 Å².